The summed E-state index contributed by atoms with van der Waals surface area (Å²) in [6.45, 7) is 3.53. The summed E-state index contributed by atoms with van der Waals surface area (Å²) >= 11 is 3.37. The van der Waals surface area contributed by atoms with Gasteiger partial charge in [0.15, 0.2) is 5.82 Å². The number of pyridine rings is 1. The first-order chi connectivity index (χ1) is 16.1. The Morgan fingerprint density at radius 1 is 1.29 bits per heavy atom. The van der Waals surface area contributed by atoms with Crippen molar-refractivity contribution in [3.8, 4) is 0 Å². The molecule has 0 amide bonds. The number of hydrogen-bond acceptors (Lipinski definition) is 7. The molecule has 0 unspecified atom stereocenters. The molecule has 180 valence electrons. The molecule has 0 saturated carbocycles. The van der Waals surface area contributed by atoms with Gasteiger partial charge in [-0.25, -0.2) is 32.1 Å². The zero-order chi connectivity index (χ0) is 24.7. The second-order valence-electron chi connectivity index (χ2n) is 8.27. The Balaban J connectivity index is 1.82. The summed E-state index contributed by atoms with van der Waals surface area (Å²) in [5, 5.41) is 13.4. The van der Waals surface area contributed by atoms with Gasteiger partial charge in [-0.15, -0.1) is 0 Å². The molecule has 1 aliphatic heterocycles. The second-order valence-corrected chi connectivity index (χ2v) is 11.5. The fraction of sp³-hybridized carbons (Fsp3) is 0.364. The van der Waals surface area contributed by atoms with Crippen molar-refractivity contribution in [2.24, 2.45) is 0 Å². The van der Waals surface area contributed by atoms with Gasteiger partial charge in [-0.1, -0.05) is 19.8 Å². The third-order valence-corrected chi connectivity index (χ3v) is 8.93. The van der Waals surface area contributed by atoms with E-state index in [0.717, 1.165) is 15.2 Å². The fourth-order valence-corrected chi connectivity index (χ4v) is 6.15. The average Bonchev–Trinajstić information content (AvgIpc) is 2.81. The van der Waals surface area contributed by atoms with E-state index in [1.54, 1.807) is 25.3 Å². The molecule has 12 heteroatoms. The normalized spacial score (nSPS) is 22.0. The van der Waals surface area contributed by atoms with Crippen molar-refractivity contribution in [1.29, 1.82) is 5.41 Å². The minimum absolute atomic E-state index is 0.175. The first-order valence-electron chi connectivity index (χ1n) is 10.8. The van der Waals surface area contributed by atoms with Crippen LogP contribution in [0.2, 0.25) is 0 Å². The summed E-state index contributed by atoms with van der Waals surface area (Å²) in [7, 11) is -2.55. The van der Waals surface area contributed by atoms with Crippen molar-refractivity contribution >= 4 is 54.5 Å². The predicted octanol–water partition coefficient (Wildman–Crippen LogP) is 4.24. The van der Waals surface area contributed by atoms with Gasteiger partial charge in [-0.05, 0) is 53.5 Å². The van der Waals surface area contributed by atoms with Crippen LogP contribution in [-0.2, 0) is 15.6 Å². The predicted molar refractivity (Wildman–Crippen MR) is 133 cm³/mol. The molecule has 34 heavy (non-hydrogen) atoms. The van der Waals surface area contributed by atoms with E-state index in [-0.39, 0.29) is 11.5 Å². The number of benzene rings is 1. The number of rotatable bonds is 6. The van der Waals surface area contributed by atoms with Crippen LogP contribution in [0, 0.1) is 11.2 Å². The van der Waals surface area contributed by atoms with Gasteiger partial charge >= 0.3 is 0 Å². The third kappa shape index (κ3) is 4.09. The van der Waals surface area contributed by atoms with Gasteiger partial charge in [0, 0.05) is 29.0 Å². The molecule has 0 bridgehead atoms. The molecule has 1 aliphatic rings. The van der Waals surface area contributed by atoms with Crippen LogP contribution in [0.25, 0.3) is 11.0 Å². The number of halogens is 2. The van der Waals surface area contributed by atoms with Gasteiger partial charge in [-0.3, -0.25) is 5.41 Å². The van der Waals surface area contributed by atoms with Gasteiger partial charge in [0.05, 0.1) is 11.1 Å². The third-order valence-electron chi connectivity index (χ3n) is 6.26. The van der Waals surface area contributed by atoms with Gasteiger partial charge in [0.1, 0.15) is 22.9 Å². The SMILES string of the molecule is CCCC[C@]1(c2cc(Nc3ncnc4cc(Br)cnc34)ccc2F)NC(=N)N(C)S(=O)(=O)[C@@H]1C. The van der Waals surface area contributed by atoms with Crippen molar-refractivity contribution in [3.63, 3.8) is 0 Å². The molecule has 0 radical (unpaired) electrons. The van der Waals surface area contributed by atoms with Crippen molar-refractivity contribution in [3.05, 3.63) is 52.6 Å². The fourth-order valence-electron chi connectivity index (χ4n) is 4.25. The van der Waals surface area contributed by atoms with E-state index in [9.17, 15) is 8.42 Å². The van der Waals surface area contributed by atoms with Crippen LogP contribution < -0.4 is 10.6 Å². The number of nitrogens with one attached hydrogen (secondary N) is 3. The van der Waals surface area contributed by atoms with E-state index in [1.165, 1.54) is 19.4 Å². The lowest BCUT2D eigenvalue weighted by atomic mass is 9.81. The zero-order valence-electron chi connectivity index (χ0n) is 18.9. The van der Waals surface area contributed by atoms with Gasteiger partial charge < -0.3 is 10.6 Å². The molecule has 3 heterocycles. The lowest BCUT2D eigenvalue weighted by Gasteiger charge is -2.47. The summed E-state index contributed by atoms with van der Waals surface area (Å²) in [5.41, 5.74) is 0.533. The van der Waals surface area contributed by atoms with Crippen molar-refractivity contribution in [2.75, 3.05) is 12.4 Å². The molecule has 2 atom stereocenters. The Hall–Kier alpha value is -2.86. The van der Waals surface area contributed by atoms with Crippen LogP contribution in [-0.4, -0.2) is 45.9 Å². The molecule has 1 saturated heterocycles. The highest BCUT2D eigenvalue weighted by Gasteiger charge is 2.52. The minimum Gasteiger partial charge on any atom is -0.345 e. The van der Waals surface area contributed by atoms with Crippen LogP contribution >= 0.6 is 15.9 Å². The molecule has 3 N–H and O–H groups in total. The highest BCUT2D eigenvalue weighted by Crippen LogP contribution is 2.41. The molecule has 1 aromatic carbocycles. The molecule has 3 aromatic rings. The Labute approximate surface area is 205 Å². The van der Waals surface area contributed by atoms with Crippen LogP contribution in [0.5, 0.6) is 0 Å². The number of nitrogens with zero attached hydrogens (tertiary/aromatic N) is 4. The van der Waals surface area contributed by atoms with Crippen LogP contribution in [0.1, 0.15) is 38.7 Å². The number of fused-ring (bicyclic) bond motifs is 1. The summed E-state index contributed by atoms with van der Waals surface area (Å²) in [4.78, 5) is 12.9. The van der Waals surface area contributed by atoms with Gasteiger partial charge in [0.2, 0.25) is 16.0 Å². The Morgan fingerprint density at radius 2 is 2.06 bits per heavy atom. The van der Waals surface area contributed by atoms with Crippen molar-refractivity contribution in [1.82, 2.24) is 24.6 Å². The maximum absolute atomic E-state index is 15.3. The molecule has 4 rings (SSSR count). The summed E-state index contributed by atoms with van der Waals surface area (Å²) in [6, 6.07) is 6.24. The number of aromatic nitrogens is 3. The van der Waals surface area contributed by atoms with E-state index in [1.807, 2.05) is 13.0 Å². The topological polar surface area (TPSA) is 124 Å². The first kappa shape index (κ1) is 24.3. The summed E-state index contributed by atoms with van der Waals surface area (Å²) in [6.07, 6.45) is 4.81. The summed E-state index contributed by atoms with van der Waals surface area (Å²) < 4.78 is 43.2. The maximum Gasteiger partial charge on any atom is 0.242 e. The lowest BCUT2D eigenvalue weighted by molar-refractivity contribution is 0.295. The van der Waals surface area contributed by atoms with Gasteiger partial charge in [-0.2, -0.15) is 0 Å². The molecule has 2 aromatic heterocycles. The number of sulfonamides is 1. The standard InChI is InChI=1S/C22H25BrFN7O2S/c1-4-5-8-22(13(2)34(32,33)31(3)21(25)30-22)16-10-15(6-7-17(16)24)29-20-19-18(27-12-28-20)9-14(23)11-26-19/h6-7,9-13H,4-5,8H2,1-3H3,(H2,25,30)(H,27,28,29)/t13-,22+/m1/s1. The number of anilines is 2. The first-order valence-corrected chi connectivity index (χ1v) is 13.1. The van der Waals surface area contributed by atoms with E-state index in [2.05, 4.69) is 41.5 Å². The van der Waals surface area contributed by atoms with Crippen LogP contribution in [0.3, 0.4) is 0 Å². The lowest BCUT2D eigenvalue weighted by Crippen LogP contribution is -2.66. The second kappa shape index (κ2) is 9.06. The quantitative estimate of drug-likeness (QED) is 0.419. The minimum atomic E-state index is -3.87. The Bertz CT molecular complexity index is 1370. The van der Waals surface area contributed by atoms with Crippen molar-refractivity contribution in [2.45, 2.75) is 43.9 Å². The van der Waals surface area contributed by atoms with E-state index < -0.39 is 26.6 Å². The highest BCUT2D eigenvalue weighted by atomic mass is 79.9. The van der Waals surface area contributed by atoms with E-state index >= 15 is 4.39 Å². The van der Waals surface area contributed by atoms with Gasteiger partial charge in [0.25, 0.3) is 0 Å². The van der Waals surface area contributed by atoms with Crippen LogP contribution in [0.15, 0.2) is 41.3 Å². The largest absolute Gasteiger partial charge is 0.345 e. The molecule has 0 aliphatic carbocycles. The monoisotopic (exact) mass is 549 g/mol. The number of hydrogen-bond donors (Lipinski definition) is 3. The molecule has 9 nitrogen and oxygen atoms in total. The zero-order valence-corrected chi connectivity index (χ0v) is 21.3. The highest BCUT2D eigenvalue weighted by molar-refractivity contribution is 9.10. The van der Waals surface area contributed by atoms with Crippen LogP contribution in [0.4, 0.5) is 15.9 Å². The Kier molecular flexibility index (Phi) is 6.47. The molecular formula is C22H25BrFN7O2S. The summed E-state index contributed by atoms with van der Waals surface area (Å²) in [5.74, 6) is -0.408. The number of unbranched alkanes of at least 4 members (excludes halogenated alkanes) is 1. The molecular weight excluding hydrogens is 525 g/mol. The van der Waals surface area contributed by atoms with E-state index in [4.69, 9.17) is 5.41 Å². The number of guanidine groups is 1. The smallest absolute Gasteiger partial charge is 0.242 e. The Morgan fingerprint density at radius 3 is 2.79 bits per heavy atom. The molecule has 1 fully saturated rings. The molecule has 0 spiro atoms. The average molecular weight is 550 g/mol. The maximum atomic E-state index is 15.3. The van der Waals surface area contributed by atoms with Crippen molar-refractivity contribution < 1.29 is 12.8 Å². The van der Waals surface area contributed by atoms with E-state index in [0.29, 0.717) is 35.4 Å².